The standard InChI is InChI=1S/C9H21BO5/c1-3-11-4-5-12-6-7-13-8-9-14-15-10-2/h10H,3-9H2,1-2H3. The maximum absolute atomic E-state index is 5.24. The number of ether oxygens (including phenoxy) is 3. The third-order valence-electron chi connectivity index (χ3n) is 1.46. The summed E-state index contributed by atoms with van der Waals surface area (Å²) in [6.07, 6.45) is 0. The number of hydrogen-bond acceptors (Lipinski definition) is 5. The third-order valence-corrected chi connectivity index (χ3v) is 1.46. The summed E-state index contributed by atoms with van der Waals surface area (Å²) >= 11 is 0. The van der Waals surface area contributed by atoms with E-state index in [9.17, 15) is 0 Å². The van der Waals surface area contributed by atoms with Crippen LogP contribution in [0.3, 0.4) is 0 Å². The first-order valence-corrected chi connectivity index (χ1v) is 5.39. The van der Waals surface area contributed by atoms with Gasteiger partial charge in [0.1, 0.15) is 6.61 Å². The molecule has 0 aromatic rings. The highest BCUT2D eigenvalue weighted by Crippen LogP contribution is 1.82. The first kappa shape index (κ1) is 14.9. The van der Waals surface area contributed by atoms with Crippen LogP contribution in [0.15, 0.2) is 0 Å². The molecule has 0 spiro atoms. The predicted octanol–water partition coefficient (Wildman–Crippen LogP) is 0.404. The molecule has 0 amide bonds. The molecule has 0 unspecified atom stereocenters. The molecule has 6 heteroatoms. The minimum Gasteiger partial charge on any atom is -0.379 e. The van der Waals surface area contributed by atoms with Crippen molar-refractivity contribution in [3.8, 4) is 0 Å². The zero-order valence-electron chi connectivity index (χ0n) is 9.70. The van der Waals surface area contributed by atoms with Crippen LogP contribution in [-0.4, -0.2) is 53.7 Å². The molecule has 5 nitrogen and oxygen atoms in total. The Hall–Kier alpha value is -0.135. The number of rotatable bonds is 12. The van der Waals surface area contributed by atoms with Gasteiger partial charge in [-0.3, -0.25) is 4.89 Å². The fourth-order valence-corrected chi connectivity index (χ4v) is 0.819. The summed E-state index contributed by atoms with van der Waals surface area (Å²) in [5.41, 5.74) is 0. The average molecular weight is 220 g/mol. The lowest BCUT2D eigenvalue weighted by molar-refractivity contribution is -0.216. The second-order valence-corrected chi connectivity index (χ2v) is 2.65. The lowest BCUT2D eigenvalue weighted by Gasteiger charge is -2.06. The Balaban J connectivity index is 2.81. The van der Waals surface area contributed by atoms with Gasteiger partial charge in [-0.1, -0.05) is 6.82 Å². The molecular formula is C9H21BO5. The van der Waals surface area contributed by atoms with Gasteiger partial charge in [0.25, 0.3) is 0 Å². The Bertz CT molecular complexity index is 103. The van der Waals surface area contributed by atoms with E-state index in [0.717, 1.165) is 6.61 Å². The van der Waals surface area contributed by atoms with Gasteiger partial charge in [-0.15, -0.1) is 0 Å². The third kappa shape index (κ3) is 13.9. The zero-order valence-corrected chi connectivity index (χ0v) is 9.70. The van der Waals surface area contributed by atoms with Crippen LogP contribution in [-0.2, 0) is 23.9 Å². The molecule has 0 fully saturated rings. The summed E-state index contributed by atoms with van der Waals surface area (Å²) in [6, 6.07) is 0. The van der Waals surface area contributed by atoms with E-state index in [1.54, 1.807) is 0 Å². The Labute approximate surface area is 92.2 Å². The minimum absolute atomic E-state index is 0.451. The largest absolute Gasteiger partial charge is 0.379 e. The van der Waals surface area contributed by atoms with Gasteiger partial charge in [-0.05, 0) is 6.92 Å². The van der Waals surface area contributed by atoms with Crippen LogP contribution >= 0.6 is 0 Å². The van der Waals surface area contributed by atoms with Crippen molar-refractivity contribution in [2.45, 2.75) is 13.7 Å². The highest BCUT2D eigenvalue weighted by molar-refractivity contribution is 6.24. The second-order valence-electron chi connectivity index (χ2n) is 2.65. The van der Waals surface area contributed by atoms with Gasteiger partial charge in [-0.25, -0.2) is 0 Å². The van der Waals surface area contributed by atoms with Crippen molar-refractivity contribution in [1.29, 1.82) is 0 Å². The topological polar surface area (TPSA) is 46.2 Å². The van der Waals surface area contributed by atoms with Crippen molar-refractivity contribution in [2.75, 3.05) is 46.2 Å². The molecule has 0 aliphatic rings. The Morgan fingerprint density at radius 2 is 1.33 bits per heavy atom. The van der Waals surface area contributed by atoms with Crippen molar-refractivity contribution in [3.63, 3.8) is 0 Å². The molecule has 0 aromatic heterocycles. The molecule has 0 rings (SSSR count). The normalized spacial score (nSPS) is 10.5. The highest BCUT2D eigenvalue weighted by atomic mass is 17.2. The van der Waals surface area contributed by atoms with E-state index in [1.807, 2.05) is 13.7 Å². The summed E-state index contributed by atoms with van der Waals surface area (Å²) in [7, 11) is 0.556. The molecule has 0 saturated carbocycles. The van der Waals surface area contributed by atoms with Crippen molar-refractivity contribution in [1.82, 2.24) is 0 Å². The molecule has 0 bridgehead atoms. The van der Waals surface area contributed by atoms with E-state index >= 15 is 0 Å². The number of hydrogen-bond donors (Lipinski definition) is 0. The molecule has 0 N–H and O–H groups in total. The summed E-state index contributed by atoms with van der Waals surface area (Å²) in [5, 5.41) is 0. The quantitative estimate of drug-likeness (QED) is 0.206. The van der Waals surface area contributed by atoms with Crippen molar-refractivity contribution >= 4 is 7.48 Å². The van der Waals surface area contributed by atoms with E-state index in [1.165, 1.54) is 0 Å². The molecule has 0 radical (unpaired) electrons. The molecule has 0 heterocycles. The van der Waals surface area contributed by atoms with E-state index < -0.39 is 0 Å². The summed E-state index contributed by atoms with van der Waals surface area (Å²) in [5.74, 6) is 0. The van der Waals surface area contributed by atoms with Gasteiger partial charge in [0.05, 0.1) is 33.0 Å². The molecule has 0 aliphatic carbocycles. The van der Waals surface area contributed by atoms with Crippen LogP contribution < -0.4 is 0 Å². The smallest absolute Gasteiger partial charge is 0.320 e. The van der Waals surface area contributed by atoms with E-state index in [2.05, 4.69) is 4.81 Å². The molecule has 15 heavy (non-hydrogen) atoms. The van der Waals surface area contributed by atoms with Gasteiger partial charge in [-0.2, -0.15) is 0 Å². The Morgan fingerprint density at radius 1 is 0.800 bits per heavy atom. The predicted molar refractivity (Wildman–Crippen MR) is 58.2 cm³/mol. The maximum Gasteiger partial charge on any atom is 0.320 e. The highest BCUT2D eigenvalue weighted by Gasteiger charge is 1.91. The lowest BCUT2D eigenvalue weighted by Crippen LogP contribution is -2.12. The Morgan fingerprint density at radius 3 is 1.87 bits per heavy atom. The van der Waals surface area contributed by atoms with Gasteiger partial charge in [0.15, 0.2) is 0 Å². The van der Waals surface area contributed by atoms with Crippen molar-refractivity contribution in [2.24, 2.45) is 0 Å². The fraction of sp³-hybridized carbons (Fsp3) is 1.00. The second kappa shape index (κ2) is 13.9. The van der Waals surface area contributed by atoms with Gasteiger partial charge in [0.2, 0.25) is 0 Å². The van der Waals surface area contributed by atoms with Crippen LogP contribution in [0.4, 0.5) is 0 Å². The van der Waals surface area contributed by atoms with Crippen molar-refractivity contribution < 1.29 is 23.9 Å². The molecule has 90 valence electrons. The molecule has 0 aliphatic heterocycles. The molecular weight excluding hydrogens is 199 g/mol. The maximum atomic E-state index is 5.24. The van der Waals surface area contributed by atoms with E-state index in [0.29, 0.717) is 47.1 Å². The summed E-state index contributed by atoms with van der Waals surface area (Å²) in [6.45, 7) is 7.95. The molecule has 0 saturated heterocycles. The van der Waals surface area contributed by atoms with Gasteiger partial charge < -0.3 is 19.0 Å². The first-order chi connectivity index (χ1) is 7.41. The van der Waals surface area contributed by atoms with Gasteiger partial charge >= 0.3 is 7.48 Å². The van der Waals surface area contributed by atoms with E-state index in [4.69, 9.17) is 19.1 Å². The van der Waals surface area contributed by atoms with Crippen LogP contribution in [0.1, 0.15) is 6.92 Å². The Kier molecular flexibility index (Phi) is 13.7. The van der Waals surface area contributed by atoms with Gasteiger partial charge in [0, 0.05) is 6.61 Å². The van der Waals surface area contributed by atoms with Crippen LogP contribution in [0, 0.1) is 0 Å². The summed E-state index contributed by atoms with van der Waals surface area (Å²) < 4.78 is 15.6. The minimum atomic E-state index is 0.451. The lowest BCUT2D eigenvalue weighted by atomic mass is 10.1. The molecule has 0 atom stereocenters. The van der Waals surface area contributed by atoms with Crippen LogP contribution in [0.5, 0.6) is 0 Å². The van der Waals surface area contributed by atoms with Crippen LogP contribution in [0.2, 0.25) is 6.82 Å². The summed E-state index contributed by atoms with van der Waals surface area (Å²) in [4.78, 5) is 9.43. The van der Waals surface area contributed by atoms with Crippen LogP contribution in [0.25, 0.3) is 0 Å². The molecule has 0 aromatic carbocycles. The fourth-order valence-electron chi connectivity index (χ4n) is 0.819. The first-order valence-electron chi connectivity index (χ1n) is 5.39. The van der Waals surface area contributed by atoms with Crippen molar-refractivity contribution in [3.05, 3.63) is 0 Å². The average Bonchev–Trinajstić information content (AvgIpc) is 2.26. The SMILES string of the molecule is CBOOCCOCCOCCOCC. The van der Waals surface area contributed by atoms with E-state index in [-0.39, 0.29) is 0 Å². The monoisotopic (exact) mass is 220 g/mol. The zero-order chi connectivity index (χ0) is 11.2.